The van der Waals surface area contributed by atoms with Crippen LogP contribution in [0.15, 0.2) is 54.6 Å². The lowest BCUT2D eigenvalue weighted by Gasteiger charge is -2.22. The molecule has 0 radical (unpaired) electrons. The first-order valence-electron chi connectivity index (χ1n) is 10.1. The zero-order valence-electron chi connectivity index (χ0n) is 17.0. The number of halogens is 1. The molecule has 0 aliphatic carbocycles. The second-order valence-electron chi connectivity index (χ2n) is 7.42. The van der Waals surface area contributed by atoms with Gasteiger partial charge in [-0.15, -0.1) is 0 Å². The standard InChI is InChI=1S/C23H25ClN4O2/c1-17-5-2-3-6-21(17)30-16-23(29)28-12-4-11-27(13-14-28)22-15-20(25-26-22)18-7-9-19(24)10-8-18/h2-3,5-10,15H,4,11-14,16H2,1H3,(H,25,26). The average Bonchev–Trinajstić information content (AvgIpc) is 3.11. The van der Waals surface area contributed by atoms with Crippen LogP contribution in [0.4, 0.5) is 5.82 Å². The number of carbonyl (C=O) groups excluding carboxylic acids is 1. The smallest absolute Gasteiger partial charge is 0.260 e. The van der Waals surface area contributed by atoms with Gasteiger partial charge in [0.2, 0.25) is 0 Å². The van der Waals surface area contributed by atoms with Crippen LogP contribution in [0.1, 0.15) is 12.0 Å². The molecule has 7 heteroatoms. The van der Waals surface area contributed by atoms with Crippen LogP contribution in [0, 0.1) is 6.92 Å². The molecule has 1 aromatic heterocycles. The first-order valence-corrected chi connectivity index (χ1v) is 10.5. The fraction of sp³-hybridized carbons (Fsp3) is 0.304. The second kappa shape index (κ2) is 9.22. The van der Waals surface area contributed by atoms with Gasteiger partial charge in [0.05, 0.1) is 5.69 Å². The predicted octanol–water partition coefficient (Wildman–Crippen LogP) is 4.16. The Bertz CT molecular complexity index is 1000. The fourth-order valence-corrected chi connectivity index (χ4v) is 3.72. The second-order valence-corrected chi connectivity index (χ2v) is 7.86. The first kappa shape index (κ1) is 20.3. The van der Waals surface area contributed by atoms with E-state index >= 15 is 0 Å². The largest absolute Gasteiger partial charge is 0.484 e. The Kier molecular flexibility index (Phi) is 6.23. The van der Waals surface area contributed by atoms with Crippen LogP contribution in [-0.2, 0) is 4.79 Å². The summed E-state index contributed by atoms with van der Waals surface area (Å²) in [4.78, 5) is 16.7. The van der Waals surface area contributed by atoms with Crippen molar-refractivity contribution in [2.75, 3.05) is 37.7 Å². The molecule has 1 N–H and O–H groups in total. The van der Waals surface area contributed by atoms with E-state index in [1.165, 1.54) is 0 Å². The van der Waals surface area contributed by atoms with Crippen molar-refractivity contribution in [3.63, 3.8) is 0 Å². The van der Waals surface area contributed by atoms with Crippen molar-refractivity contribution in [3.05, 3.63) is 65.2 Å². The third-order valence-electron chi connectivity index (χ3n) is 5.34. The topological polar surface area (TPSA) is 61.5 Å². The molecule has 0 spiro atoms. The Morgan fingerprint density at radius 3 is 2.70 bits per heavy atom. The summed E-state index contributed by atoms with van der Waals surface area (Å²) in [6.45, 7) is 5.01. The number of aryl methyl sites for hydroxylation is 1. The lowest BCUT2D eigenvalue weighted by Crippen LogP contribution is -2.38. The molecule has 1 aliphatic heterocycles. The van der Waals surface area contributed by atoms with Gasteiger partial charge in [0.25, 0.3) is 5.91 Å². The van der Waals surface area contributed by atoms with Crippen LogP contribution in [0.3, 0.4) is 0 Å². The maximum absolute atomic E-state index is 12.6. The average molecular weight is 425 g/mol. The normalized spacial score (nSPS) is 14.5. The highest BCUT2D eigenvalue weighted by molar-refractivity contribution is 6.30. The highest BCUT2D eigenvalue weighted by Gasteiger charge is 2.21. The van der Waals surface area contributed by atoms with Gasteiger partial charge in [0.1, 0.15) is 5.75 Å². The number of aromatic amines is 1. The number of nitrogens with one attached hydrogen (secondary N) is 1. The number of nitrogens with zero attached hydrogens (tertiary/aromatic N) is 3. The molecular formula is C23H25ClN4O2. The zero-order chi connectivity index (χ0) is 20.9. The van der Waals surface area contributed by atoms with E-state index in [2.05, 4.69) is 15.1 Å². The number of para-hydroxylation sites is 1. The maximum atomic E-state index is 12.6. The Hall–Kier alpha value is -2.99. The molecule has 1 amide bonds. The van der Waals surface area contributed by atoms with Gasteiger partial charge in [-0.3, -0.25) is 9.89 Å². The highest BCUT2D eigenvalue weighted by atomic mass is 35.5. The summed E-state index contributed by atoms with van der Waals surface area (Å²) in [5.74, 6) is 1.67. The summed E-state index contributed by atoms with van der Waals surface area (Å²) < 4.78 is 5.73. The van der Waals surface area contributed by atoms with E-state index in [9.17, 15) is 4.79 Å². The molecule has 2 heterocycles. The summed E-state index contributed by atoms with van der Waals surface area (Å²) >= 11 is 5.97. The lowest BCUT2D eigenvalue weighted by molar-refractivity contribution is -0.133. The van der Waals surface area contributed by atoms with E-state index in [0.29, 0.717) is 11.6 Å². The van der Waals surface area contributed by atoms with E-state index in [1.807, 2.05) is 66.4 Å². The van der Waals surface area contributed by atoms with E-state index in [0.717, 1.165) is 54.4 Å². The summed E-state index contributed by atoms with van der Waals surface area (Å²) in [6.07, 6.45) is 0.888. The summed E-state index contributed by atoms with van der Waals surface area (Å²) in [5, 5.41) is 8.29. The molecule has 0 saturated carbocycles. The molecule has 1 aliphatic rings. The van der Waals surface area contributed by atoms with Gasteiger partial charge in [-0.1, -0.05) is 41.9 Å². The number of aromatic nitrogens is 2. The van der Waals surface area contributed by atoms with Gasteiger partial charge >= 0.3 is 0 Å². The van der Waals surface area contributed by atoms with Crippen LogP contribution in [0.2, 0.25) is 5.02 Å². The third-order valence-corrected chi connectivity index (χ3v) is 5.59. The van der Waals surface area contributed by atoms with Crippen molar-refractivity contribution in [1.82, 2.24) is 15.1 Å². The van der Waals surface area contributed by atoms with Gasteiger partial charge < -0.3 is 14.5 Å². The van der Waals surface area contributed by atoms with E-state index < -0.39 is 0 Å². The van der Waals surface area contributed by atoms with Gasteiger partial charge in [0.15, 0.2) is 12.4 Å². The van der Waals surface area contributed by atoms with Crippen molar-refractivity contribution in [2.24, 2.45) is 0 Å². The third kappa shape index (κ3) is 4.76. The number of hydrogen-bond acceptors (Lipinski definition) is 4. The predicted molar refractivity (Wildman–Crippen MR) is 119 cm³/mol. The Balaban J connectivity index is 1.34. The minimum atomic E-state index is 0.0176. The van der Waals surface area contributed by atoms with Crippen molar-refractivity contribution < 1.29 is 9.53 Å². The molecule has 6 nitrogen and oxygen atoms in total. The number of amides is 1. The maximum Gasteiger partial charge on any atom is 0.260 e. The number of hydrogen-bond donors (Lipinski definition) is 1. The van der Waals surface area contributed by atoms with Gasteiger partial charge in [0, 0.05) is 37.3 Å². The van der Waals surface area contributed by atoms with Crippen LogP contribution in [-0.4, -0.2) is 53.8 Å². The zero-order valence-corrected chi connectivity index (χ0v) is 17.7. The van der Waals surface area contributed by atoms with Gasteiger partial charge in [-0.05, 0) is 42.7 Å². The number of H-pyrrole nitrogens is 1. The molecule has 4 rings (SSSR count). The number of rotatable bonds is 5. The number of benzene rings is 2. The highest BCUT2D eigenvalue weighted by Crippen LogP contribution is 2.24. The van der Waals surface area contributed by atoms with Gasteiger partial charge in [-0.25, -0.2) is 0 Å². The van der Waals surface area contributed by atoms with Crippen molar-refractivity contribution in [1.29, 1.82) is 0 Å². The molecule has 1 saturated heterocycles. The van der Waals surface area contributed by atoms with Crippen LogP contribution in [0.25, 0.3) is 11.3 Å². The summed E-state index contributed by atoms with van der Waals surface area (Å²) in [5.41, 5.74) is 3.02. The van der Waals surface area contributed by atoms with E-state index in [-0.39, 0.29) is 12.5 Å². The molecule has 0 unspecified atom stereocenters. The number of carbonyl (C=O) groups is 1. The Labute approximate surface area is 181 Å². The first-order chi connectivity index (χ1) is 14.6. The Morgan fingerprint density at radius 1 is 1.10 bits per heavy atom. The molecule has 3 aromatic rings. The van der Waals surface area contributed by atoms with Crippen molar-refractivity contribution in [2.45, 2.75) is 13.3 Å². The molecular weight excluding hydrogens is 400 g/mol. The quantitative estimate of drug-likeness (QED) is 0.668. The van der Waals surface area contributed by atoms with Crippen LogP contribution >= 0.6 is 11.6 Å². The van der Waals surface area contributed by atoms with Gasteiger partial charge in [-0.2, -0.15) is 5.10 Å². The molecule has 0 atom stereocenters. The number of anilines is 1. The molecule has 156 valence electrons. The SMILES string of the molecule is Cc1ccccc1OCC(=O)N1CCCN(c2cc(-c3ccc(Cl)cc3)[nH]n2)CC1. The van der Waals surface area contributed by atoms with Crippen LogP contribution < -0.4 is 9.64 Å². The molecule has 30 heavy (non-hydrogen) atoms. The Morgan fingerprint density at radius 2 is 1.90 bits per heavy atom. The molecule has 2 aromatic carbocycles. The fourth-order valence-electron chi connectivity index (χ4n) is 3.60. The van der Waals surface area contributed by atoms with Crippen LogP contribution in [0.5, 0.6) is 5.75 Å². The summed E-state index contributed by atoms with van der Waals surface area (Å²) in [6, 6.07) is 17.5. The minimum Gasteiger partial charge on any atom is -0.484 e. The molecule has 0 bridgehead atoms. The summed E-state index contributed by atoms with van der Waals surface area (Å²) in [7, 11) is 0. The van der Waals surface area contributed by atoms with Crippen molar-refractivity contribution >= 4 is 23.3 Å². The number of ether oxygens (including phenoxy) is 1. The lowest BCUT2D eigenvalue weighted by atomic mass is 10.1. The van der Waals surface area contributed by atoms with E-state index in [4.69, 9.17) is 16.3 Å². The van der Waals surface area contributed by atoms with E-state index in [1.54, 1.807) is 0 Å². The van der Waals surface area contributed by atoms with Crippen molar-refractivity contribution in [3.8, 4) is 17.0 Å². The minimum absolute atomic E-state index is 0.0176. The molecule has 1 fully saturated rings. The monoisotopic (exact) mass is 424 g/mol.